The number of ether oxygens (including phenoxy) is 3. The number of halogens is 2. The lowest BCUT2D eigenvalue weighted by atomic mass is 9.91. The van der Waals surface area contributed by atoms with Crippen LogP contribution in [0.15, 0.2) is 147 Å². The van der Waals surface area contributed by atoms with Gasteiger partial charge in [0.2, 0.25) is 0 Å². The standard InChI is InChI=1S/C32H30ClN3O3S.C30H26ClN3O3S/c1-6-38-31(37)28(39-32(3,4)5)26-19(2)14-25-29(27(26)20-10-12-24(33)13-11-20)40-30(36-25)22-9-7-8-21(15-22)23-16-34-18-35-17-23;1-17-12-23-27(38-28(34-23)20-7-5-6-19(13-20)21-14-32-16-33-15-21)25(18-8-10-22(31)11-9-18)24(17)26(29(35)36)37-30(2,3)4/h7-18,28H,6H2,1-5H3;5-16,26H,1-4H3,(H,35,36)/t28-;26-/m00/s1. The fraction of sp³-hybridized carbons (Fsp3) is 0.226. The van der Waals surface area contributed by atoms with E-state index in [-0.39, 0.29) is 6.61 Å². The minimum Gasteiger partial charge on any atom is -0.479 e. The minimum atomic E-state index is -1.16. The van der Waals surface area contributed by atoms with E-state index in [0.717, 1.165) is 103 Å². The molecule has 4 heterocycles. The van der Waals surface area contributed by atoms with Crippen molar-refractivity contribution in [2.24, 2.45) is 0 Å². The molecule has 0 aliphatic heterocycles. The molecule has 0 fully saturated rings. The topological polar surface area (TPSA) is 159 Å². The first-order valence-corrected chi connectivity index (χ1v) is 27.5. The highest BCUT2D eigenvalue weighted by molar-refractivity contribution is 7.22. The molecule has 10 aromatic rings. The largest absolute Gasteiger partial charge is 0.479 e. The molecule has 1 N–H and O–H groups in total. The number of carbonyl (C=O) groups excluding carboxylic acids is 1. The van der Waals surface area contributed by atoms with Crippen molar-refractivity contribution in [3.63, 3.8) is 0 Å². The molecular weight excluding hydrogens is 1060 g/mol. The average molecular weight is 1120 g/mol. The SMILES string of the molecule is CCOC(=O)[C@@H](OC(C)(C)C)c1c(C)cc2nc(-c3cccc(-c4cncnc4)c3)sc2c1-c1ccc(Cl)cc1.Cc1cc2nc(-c3cccc(-c4cncnc4)c3)sc2c(-c2ccc(Cl)cc2)c1[C@H](OC(C)(C)C)C(=O)O. The second kappa shape index (κ2) is 23.3. The number of carboxylic acid groups (broad SMARTS) is 1. The van der Waals surface area contributed by atoms with E-state index in [0.29, 0.717) is 15.6 Å². The normalized spacial score (nSPS) is 12.5. The van der Waals surface area contributed by atoms with Crippen LogP contribution in [0, 0.1) is 13.8 Å². The van der Waals surface area contributed by atoms with Gasteiger partial charge in [-0.05, 0) is 144 Å². The highest BCUT2D eigenvalue weighted by Gasteiger charge is 2.35. The average Bonchev–Trinajstić information content (AvgIpc) is 4.26. The third-order valence-electron chi connectivity index (χ3n) is 12.3. The van der Waals surface area contributed by atoms with Gasteiger partial charge in [-0.1, -0.05) is 83.9 Å². The van der Waals surface area contributed by atoms with E-state index in [4.69, 9.17) is 47.4 Å². The van der Waals surface area contributed by atoms with Crippen molar-refractivity contribution in [2.75, 3.05) is 6.61 Å². The van der Waals surface area contributed by atoms with Gasteiger partial charge in [0.15, 0.2) is 12.2 Å². The first-order valence-electron chi connectivity index (χ1n) is 25.1. The minimum absolute atomic E-state index is 0.258. The van der Waals surface area contributed by atoms with Crippen LogP contribution in [0.1, 0.15) is 82.9 Å². The van der Waals surface area contributed by atoms with Crippen LogP contribution < -0.4 is 0 Å². The summed E-state index contributed by atoms with van der Waals surface area (Å²) < 4.78 is 19.8. The predicted octanol–water partition coefficient (Wildman–Crippen LogP) is 16.5. The van der Waals surface area contributed by atoms with Gasteiger partial charge in [-0.25, -0.2) is 39.5 Å². The smallest absolute Gasteiger partial charge is 0.339 e. The molecule has 396 valence electrons. The lowest BCUT2D eigenvalue weighted by molar-refractivity contribution is -0.166. The summed E-state index contributed by atoms with van der Waals surface area (Å²) in [4.78, 5) is 52.5. The van der Waals surface area contributed by atoms with E-state index in [9.17, 15) is 14.7 Å². The van der Waals surface area contributed by atoms with Gasteiger partial charge in [0.05, 0.1) is 38.2 Å². The van der Waals surface area contributed by atoms with Gasteiger partial charge < -0.3 is 19.3 Å². The second-order valence-electron chi connectivity index (χ2n) is 20.4. The number of rotatable bonds is 13. The van der Waals surface area contributed by atoms with Crippen molar-refractivity contribution in [1.82, 2.24) is 29.9 Å². The maximum atomic E-state index is 13.4. The van der Waals surface area contributed by atoms with E-state index in [1.165, 1.54) is 24.0 Å². The Kier molecular flexibility index (Phi) is 16.6. The molecule has 12 nitrogen and oxygen atoms in total. The molecule has 0 saturated carbocycles. The number of carbonyl (C=O) groups is 2. The zero-order valence-corrected chi connectivity index (χ0v) is 47.6. The number of aromatic nitrogens is 6. The van der Waals surface area contributed by atoms with Crippen molar-refractivity contribution >= 4 is 78.2 Å². The number of fused-ring (bicyclic) bond motifs is 2. The van der Waals surface area contributed by atoms with Crippen molar-refractivity contribution in [3.8, 4) is 65.6 Å². The summed E-state index contributed by atoms with van der Waals surface area (Å²) in [5, 5.41) is 13.2. The molecule has 0 bridgehead atoms. The molecule has 0 amide bonds. The summed E-state index contributed by atoms with van der Waals surface area (Å²) in [6.07, 6.45) is 8.10. The quantitative estimate of drug-likeness (QED) is 0.109. The van der Waals surface area contributed by atoms with Crippen LogP contribution in [0.4, 0.5) is 0 Å². The van der Waals surface area contributed by atoms with E-state index in [2.05, 4.69) is 32.1 Å². The first-order chi connectivity index (χ1) is 37.2. The molecule has 4 aromatic heterocycles. The van der Waals surface area contributed by atoms with Crippen LogP contribution >= 0.6 is 45.9 Å². The first kappa shape index (κ1) is 55.5. The third kappa shape index (κ3) is 12.7. The molecule has 2 atom stereocenters. The summed E-state index contributed by atoms with van der Waals surface area (Å²) in [5.74, 6) is -1.46. The summed E-state index contributed by atoms with van der Waals surface area (Å²) in [6.45, 7) is 17.3. The Morgan fingerprint density at radius 3 is 1.31 bits per heavy atom. The number of aliphatic carboxylic acids is 1. The maximum Gasteiger partial charge on any atom is 0.339 e. The fourth-order valence-corrected chi connectivity index (χ4v) is 11.6. The Hall–Kier alpha value is -7.30. The molecule has 16 heteroatoms. The number of nitrogens with zero attached hydrogens (tertiary/aromatic N) is 6. The van der Waals surface area contributed by atoms with Crippen LogP contribution in [0.5, 0.6) is 0 Å². The summed E-state index contributed by atoms with van der Waals surface area (Å²) in [7, 11) is 0. The molecule has 10 rings (SSSR count). The molecule has 0 aliphatic rings. The van der Waals surface area contributed by atoms with Gasteiger partial charge in [0.1, 0.15) is 22.7 Å². The number of carboxylic acids is 1. The highest BCUT2D eigenvalue weighted by Crippen LogP contribution is 2.47. The van der Waals surface area contributed by atoms with E-state index < -0.39 is 35.3 Å². The number of benzene rings is 6. The van der Waals surface area contributed by atoms with Crippen LogP contribution in [-0.4, -0.2) is 64.8 Å². The number of aryl methyl sites for hydroxylation is 2. The van der Waals surface area contributed by atoms with Gasteiger partial charge in [0, 0.05) is 79.3 Å². The zero-order valence-electron chi connectivity index (χ0n) is 44.5. The van der Waals surface area contributed by atoms with Crippen LogP contribution in [0.3, 0.4) is 0 Å². The van der Waals surface area contributed by atoms with Gasteiger partial charge in [-0.2, -0.15) is 0 Å². The molecule has 78 heavy (non-hydrogen) atoms. The summed E-state index contributed by atoms with van der Waals surface area (Å²) >= 11 is 15.6. The van der Waals surface area contributed by atoms with E-state index in [1.807, 2.05) is 152 Å². The molecular formula is C62H56Cl2N6O6S2. The lowest BCUT2D eigenvalue weighted by Crippen LogP contribution is -2.29. The number of hydrogen-bond acceptors (Lipinski definition) is 13. The molecule has 0 unspecified atom stereocenters. The van der Waals surface area contributed by atoms with Crippen molar-refractivity contribution < 1.29 is 28.9 Å². The number of hydrogen-bond donors (Lipinski definition) is 1. The number of thiazole rings is 2. The van der Waals surface area contributed by atoms with Crippen LogP contribution in [-0.2, 0) is 23.8 Å². The van der Waals surface area contributed by atoms with Crippen molar-refractivity contribution in [2.45, 2.75) is 85.7 Å². The Morgan fingerprint density at radius 2 is 0.923 bits per heavy atom. The Bertz CT molecular complexity index is 3790. The summed E-state index contributed by atoms with van der Waals surface area (Å²) in [6, 6.07) is 35.3. The maximum absolute atomic E-state index is 13.4. The Morgan fingerprint density at radius 1 is 0.538 bits per heavy atom. The molecule has 0 aliphatic carbocycles. The van der Waals surface area contributed by atoms with Gasteiger partial charge in [-0.3, -0.25) is 0 Å². The van der Waals surface area contributed by atoms with E-state index >= 15 is 0 Å². The monoisotopic (exact) mass is 1110 g/mol. The Balaban J connectivity index is 0.000000190. The molecule has 0 spiro atoms. The van der Waals surface area contributed by atoms with Gasteiger partial charge >= 0.3 is 11.9 Å². The van der Waals surface area contributed by atoms with Crippen LogP contribution in [0.2, 0.25) is 10.0 Å². The molecule has 0 saturated heterocycles. The molecule has 0 radical (unpaired) electrons. The summed E-state index contributed by atoms with van der Waals surface area (Å²) in [5.41, 5.74) is 12.7. The number of esters is 1. The fourth-order valence-electron chi connectivity index (χ4n) is 9.09. The van der Waals surface area contributed by atoms with Gasteiger partial charge in [-0.15, -0.1) is 22.7 Å². The van der Waals surface area contributed by atoms with Crippen molar-refractivity contribution in [1.29, 1.82) is 0 Å². The zero-order chi connectivity index (χ0) is 55.5. The Labute approximate surface area is 471 Å². The lowest BCUT2D eigenvalue weighted by Gasteiger charge is -2.29. The predicted molar refractivity (Wildman–Crippen MR) is 314 cm³/mol. The third-order valence-corrected chi connectivity index (χ3v) is 15.1. The van der Waals surface area contributed by atoms with Crippen molar-refractivity contribution in [3.05, 3.63) is 179 Å². The van der Waals surface area contributed by atoms with E-state index in [1.54, 1.807) is 43.0 Å². The second-order valence-corrected chi connectivity index (χ2v) is 23.3. The molecule has 6 aromatic carbocycles. The highest BCUT2D eigenvalue weighted by atomic mass is 35.5. The van der Waals surface area contributed by atoms with Gasteiger partial charge in [0.25, 0.3) is 0 Å². The van der Waals surface area contributed by atoms with Crippen LogP contribution in [0.25, 0.3) is 86.1 Å².